The van der Waals surface area contributed by atoms with Gasteiger partial charge >= 0.3 is 0 Å². The number of carbonyl (C=O) groups excluding carboxylic acids is 1. The normalized spacial score (nSPS) is 10.2. The third-order valence-corrected chi connectivity index (χ3v) is 2.39. The van der Waals surface area contributed by atoms with Crippen molar-refractivity contribution >= 4 is 11.5 Å². The number of anilines is 1. The lowest BCUT2D eigenvalue weighted by atomic mass is 9.99. The van der Waals surface area contributed by atoms with Gasteiger partial charge in [-0.2, -0.15) is 0 Å². The summed E-state index contributed by atoms with van der Waals surface area (Å²) in [5.74, 6) is -0.0353. The lowest BCUT2D eigenvalue weighted by Crippen LogP contribution is -2.06. The minimum absolute atomic E-state index is 0.0353. The molecule has 0 aliphatic rings. The van der Waals surface area contributed by atoms with Gasteiger partial charge in [-0.1, -0.05) is 12.1 Å². The molecule has 0 aliphatic carbocycles. The molecule has 76 valence electrons. The van der Waals surface area contributed by atoms with Gasteiger partial charge < -0.3 is 10.7 Å². The highest BCUT2D eigenvalue weighted by Crippen LogP contribution is 2.19. The van der Waals surface area contributed by atoms with Crippen LogP contribution in [0.5, 0.6) is 0 Å². The first-order valence-corrected chi connectivity index (χ1v) is 4.72. The lowest BCUT2D eigenvalue weighted by molar-refractivity contribution is 0.103. The maximum atomic E-state index is 12.0. The van der Waals surface area contributed by atoms with Crippen LogP contribution in [0, 0.1) is 6.92 Å². The standard InChI is InChI=1S/C12H12N2O/c1-8-3-2-4-10(13)11(8)12(15)9-5-6-14-7-9/h2-7,14H,13H2,1H3. The van der Waals surface area contributed by atoms with Crippen molar-refractivity contribution in [1.29, 1.82) is 0 Å². The van der Waals surface area contributed by atoms with Gasteiger partial charge in [0.1, 0.15) is 0 Å². The van der Waals surface area contributed by atoms with Crippen LogP contribution in [0.15, 0.2) is 36.7 Å². The number of carbonyl (C=O) groups is 1. The molecular formula is C12H12N2O. The molecule has 0 fully saturated rings. The Morgan fingerprint density at radius 3 is 2.73 bits per heavy atom. The molecule has 3 nitrogen and oxygen atoms in total. The Morgan fingerprint density at radius 2 is 2.13 bits per heavy atom. The molecule has 0 radical (unpaired) electrons. The molecule has 1 aromatic heterocycles. The van der Waals surface area contributed by atoms with Crippen molar-refractivity contribution in [2.24, 2.45) is 0 Å². The van der Waals surface area contributed by atoms with Gasteiger partial charge in [-0.25, -0.2) is 0 Å². The Kier molecular flexibility index (Phi) is 2.29. The fourth-order valence-electron chi connectivity index (χ4n) is 1.61. The highest BCUT2D eigenvalue weighted by Gasteiger charge is 2.14. The summed E-state index contributed by atoms with van der Waals surface area (Å²) in [5.41, 5.74) is 8.46. The number of aryl methyl sites for hydroxylation is 1. The van der Waals surface area contributed by atoms with E-state index in [2.05, 4.69) is 4.98 Å². The van der Waals surface area contributed by atoms with E-state index in [1.165, 1.54) is 0 Å². The lowest BCUT2D eigenvalue weighted by Gasteiger charge is -2.06. The number of benzene rings is 1. The number of rotatable bonds is 2. The van der Waals surface area contributed by atoms with Crippen LogP contribution in [0.25, 0.3) is 0 Å². The fraction of sp³-hybridized carbons (Fsp3) is 0.0833. The summed E-state index contributed by atoms with van der Waals surface area (Å²) in [6.07, 6.45) is 3.40. The molecule has 0 saturated carbocycles. The second-order valence-corrected chi connectivity index (χ2v) is 3.47. The maximum absolute atomic E-state index is 12.0. The Balaban J connectivity index is 2.51. The van der Waals surface area contributed by atoms with Gasteiger partial charge in [0.25, 0.3) is 0 Å². The van der Waals surface area contributed by atoms with Gasteiger partial charge in [0.15, 0.2) is 5.78 Å². The Bertz CT molecular complexity index is 466. The van der Waals surface area contributed by atoms with Crippen LogP contribution < -0.4 is 5.73 Å². The van der Waals surface area contributed by atoms with E-state index in [0.717, 1.165) is 5.56 Å². The smallest absolute Gasteiger partial charge is 0.196 e. The van der Waals surface area contributed by atoms with E-state index in [1.807, 2.05) is 19.1 Å². The van der Waals surface area contributed by atoms with E-state index in [4.69, 9.17) is 5.73 Å². The second kappa shape index (κ2) is 3.61. The van der Waals surface area contributed by atoms with Gasteiger partial charge in [0.2, 0.25) is 0 Å². The molecule has 0 aliphatic heterocycles. The highest BCUT2D eigenvalue weighted by atomic mass is 16.1. The third-order valence-electron chi connectivity index (χ3n) is 2.39. The van der Waals surface area contributed by atoms with E-state index in [9.17, 15) is 4.79 Å². The fourth-order valence-corrected chi connectivity index (χ4v) is 1.61. The minimum Gasteiger partial charge on any atom is -0.398 e. The zero-order chi connectivity index (χ0) is 10.8. The summed E-state index contributed by atoms with van der Waals surface area (Å²) >= 11 is 0. The average Bonchev–Trinajstić information content (AvgIpc) is 2.69. The summed E-state index contributed by atoms with van der Waals surface area (Å²) in [6.45, 7) is 1.89. The summed E-state index contributed by atoms with van der Waals surface area (Å²) in [6, 6.07) is 7.22. The Hall–Kier alpha value is -2.03. The van der Waals surface area contributed by atoms with E-state index < -0.39 is 0 Å². The van der Waals surface area contributed by atoms with Crippen molar-refractivity contribution in [1.82, 2.24) is 4.98 Å². The van der Waals surface area contributed by atoms with Crippen molar-refractivity contribution in [2.45, 2.75) is 6.92 Å². The molecular weight excluding hydrogens is 188 g/mol. The van der Waals surface area contributed by atoms with Gasteiger partial charge in [0.05, 0.1) is 0 Å². The van der Waals surface area contributed by atoms with Crippen molar-refractivity contribution in [2.75, 3.05) is 5.73 Å². The quantitative estimate of drug-likeness (QED) is 0.576. The SMILES string of the molecule is Cc1cccc(N)c1C(=O)c1cc[nH]c1. The largest absolute Gasteiger partial charge is 0.398 e. The summed E-state index contributed by atoms with van der Waals surface area (Å²) in [4.78, 5) is 14.9. The van der Waals surface area contributed by atoms with Crippen molar-refractivity contribution in [3.63, 3.8) is 0 Å². The minimum atomic E-state index is -0.0353. The van der Waals surface area contributed by atoms with Crippen LogP contribution >= 0.6 is 0 Å². The van der Waals surface area contributed by atoms with E-state index in [0.29, 0.717) is 16.8 Å². The second-order valence-electron chi connectivity index (χ2n) is 3.47. The molecule has 0 atom stereocenters. The molecule has 0 unspecified atom stereocenters. The highest BCUT2D eigenvalue weighted by molar-refractivity contribution is 6.12. The summed E-state index contributed by atoms with van der Waals surface area (Å²) in [5, 5.41) is 0. The summed E-state index contributed by atoms with van der Waals surface area (Å²) < 4.78 is 0. The average molecular weight is 200 g/mol. The van der Waals surface area contributed by atoms with Crippen LogP contribution in [0.3, 0.4) is 0 Å². The maximum Gasteiger partial charge on any atom is 0.196 e. The van der Waals surface area contributed by atoms with Crippen LogP contribution in [-0.2, 0) is 0 Å². The van der Waals surface area contributed by atoms with E-state index in [-0.39, 0.29) is 5.78 Å². The van der Waals surface area contributed by atoms with Gasteiger partial charge in [-0.15, -0.1) is 0 Å². The first kappa shape index (κ1) is 9.52. The number of aromatic nitrogens is 1. The number of nitrogens with one attached hydrogen (secondary N) is 1. The number of nitrogen functional groups attached to an aromatic ring is 1. The zero-order valence-corrected chi connectivity index (χ0v) is 8.45. The van der Waals surface area contributed by atoms with Crippen LogP contribution in [0.2, 0.25) is 0 Å². The number of aromatic amines is 1. The molecule has 1 heterocycles. The third kappa shape index (κ3) is 1.64. The molecule has 1 aromatic carbocycles. The zero-order valence-electron chi connectivity index (χ0n) is 8.45. The predicted molar refractivity (Wildman–Crippen MR) is 59.8 cm³/mol. The first-order chi connectivity index (χ1) is 7.20. The molecule has 0 saturated heterocycles. The molecule has 2 rings (SSSR count). The van der Waals surface area contributed by atoms with Crippen LogP contribution in [-0.4, -0.2) is 10.8 Å². The molecule has 0 bridgehead atoms. The van der Waals surface area contributed by atoms with E-state index in [1.54, 1.807) is 24.5 Å². The summed E-state index contributed by atoms with van der Waals surface area (Å²) in [7, 11) is 0. The monoisotopic (exact) mass is 200 g/mol. The number of hydrogen-bond donors (Lipinski definition) is 2. The molecule has 3 N–H and O–H groups in total. The molecule has 3 heteroatoms. The number of ketones is 1. The van der Waals surface area contributed by atoms with Crippen LogP contribution in [0.1, 0.15) is 21.5 Å². The molecule has 15 heavy (non-hydrogen) atoms. The number of H-pyrrole nitrogens is 1. The van der Waals surface area contributed by atoms with Crippen molar-refractivity contribution in [3.05, 3.63) is 53.3 Å². The molecule has 2 aromatic rings. The van der Waals surface area contributed by atoms with Crippen molar-refractivity contribution < 1.29 is 4.79 Å². The van der Waals surface area contributed by atoms with Gasteiger partial charge in [0, 0.05) is 29.2 Å². The van der Waals surface area contributed by atoms with Crippen molar-refractivity contribution in [3.8, 4) is 0 Å². The van der Waals surface area contributed by atoms with Gasteiger partial charge in [-0.05, 0) is 24.6 Å². The van der Waals surface area contributed by atoms with Crippen LogP contribution in [0.4, 0.5) is 5.69 Å². The molecule has 0 amide bonds. The topological polar surface area (TPSA) is 58.9 Å². The van der Waals surface area contributed by atoms with E-state index >= 15 is 0 Å². The number of hydrogen-bond acceptors (Lipinski definition) is 2. The van der Waals surface area contributed by atoms with Gasteiger partial charge in [-0.3, -0.25) is 4.79 Å². The first-order valence-electron chi connectivity index (χ1n) is 4.72. The Morgan fingerprint density at radius 1 is 1.33 bits per heavy atom. The number of nitrogens with two attached hydrogens (primary N) is 1. The predicted octanol–water partition coefficient (Wildman–Crippen LogP) is 2.14. The molecule has 0 spiro atoms. The Labute approximate surface area is 87.9 Å².